The Hall–Kier alpha value is -4.75. The molecular weight excluding hydrogens is 548 g/mol. The van der Waals surface area contributed by atoms with Gasteiger partial charge in [0.05, 0.1) is 5.41 Å². The molecule has 0 saturated carbocycles. The van der Waals surface area contributed by atoms with Crippen LogP contribution >= 0.6 is 0 Å². The highest BCUT2D eigenvalue weighted by molar-refractivity contribution is 6.13. The molecule has 0 spiro atoms. The number of hydrogen-bond donors (Lipinski definition) is 5. The van der Waals surface area contributed by atoms with Crippen molar-refractivity contribution in [3.63, 3.8) is 0 Å². The third kappa shape index (κ3) is 11.0. The van der Waals surface area contributed by atoms with Crippen molar-refractivity contribution in [2.45, 2.75) is 65.6 Å². The number of carbonyl (C=O) groups is 7. The second kappa shape index (κ2) is 15.3. The van der Waals surface area contributed by atoms with Crippen molar-refractivity contribution in [1.82, 2.24) is 20.9 Å². The smallest absolute Gasteiger partial charge is 0.312 e. The van der Waals surface area contributed by atoms with Crippen LogP contribution in [-0.2, 0) is 40.1 Å². The van der Waals surface area contributed by atoms with E-state index in [1.807, 2.05) is 0 Å². The van der Waals surface area contributed by atoms with Gasteiger partial charge in [-0.05, 0) is 58.2 Å². The molecule has 2 rings (SSSR count). The molecule has 1 aromatic rings. The largest absolute Gasteiger partial charge is 0.460 e. The van der Waals surface area contributed by atoms with Crippen molar-refractivity contribution in [3.05, 3.63) is 42.0 Å². The lowest BCUT2D eigenvalue weighted by Gasteiger charge is -2.22. The number of imide groups is 1. The molecule has 0 bridgehead atoms. The average molecular weight is 587 g/mol. The zero-order valence-electron chi connectivity index (χ0n) is 24.2. The molecule has 1 heterocycles. The monoisotopic (exact) mass is 586 g/mol. The summed E-state index contributed by atoms with van der Waals surface area (Å²) in [7, 11) is 0. The lowest BCUT2D eigenvalue weighted by atomic mass is 9.97. The van der Waals surface area contributed by atoms with E-state index in [4.69, 9.17) is 10.5 Å². The summed E-state index contributed by atoms with van der Waals surface area (Å²) in [6, 6.07) is 3.84. The number of primary amides is 1. The number of ether oxygens (including phenoxy) is 1. The molecule has 1 aliphatic rings. The van der Waals surface area contributed by atoms with Crippen LogP contribution in [0.1, 0.15) is 52.5 Å². The lowest BCUT2D eigenvalue weighted by Crippen LogP contribution is -2.52. The molecule has 14 heteroatoms. The first kappa shape index (κ1) is 33.5. The van der Waals surface area contributed by atoms with Gasteiger partial charge in [0.2, 0.25) is 17.7 Å². The van der Waals surface area contributed by atoms with Crippen LogP contribution in [0.4, 0.5) is 10.5 Å². The van der Waals surface area contributed by atoms with Gasteiger partial charge in [-0.1, -0.05) is 12.1 Å². The SMILES string of the molecule is C[C@H](NC(=O)CCN1C(=O)C=CC1=O)C(=O)N[C@@H](CCCNC(N)=O)C(=O)Nc1ccc(COC(=O)C(C)(C)C)cc1. The summed E-state index contributed by atoms with van der Waals surface area (Å²) in [6.07, 6.45) is 2.47. The predicted octanol–water partition coefficient (Wildman–Crippen LogP) is 0.468. The average Bonchev–Trinajstić information content (AvgIpc) is 3.24. The number of anilines is 1. The third-order valence-corrected chi connectivity index (χ3v) is 6.04. The summed E-state index contributed by atoms with van der Waals surface area (Å²) in [4.78, 5) is 85.3. The van der Waals surface area contributed by atoms with E-state index in [-0.39, 0.29) is 38.5 Å². The first-order chi connectivity index (χ1) is 19.7. The van der Waals surface area contributed by atoms with Gasteiger partial charge in [0.15, 0.2) is 0 Å². The number of carbonyl (C=O) groups excluding carboxylic acids is 7. The summed E-state index contributed by atoms with van der Waals surface area (Å²) < 4.78 is 5.29. The quantitative estimate of drug-likeness (QED) is 0.117. The van der Waals surface area contributed by atoms with Gasteiger partial charge >= 0.3 is 12.0 Å². The van der Waals surface area contributed by atoms with E-state index in [1.165, 1.54) is 6.92 Å². The number of amides is 7. The van der Waals surface area contributed by atoms with Gasteiger partial charge < -0.3 is 31.7 Å². The Kier molecular flexibility index (Phi) is 12.2. The molecule has 14 nitrogen and oxygen atoms in total. The Morgan fingerprint density at radius 3 is 2.14 bits per heavy atom. The summed E-state index contributed by atoms with van der Waals surface area (Å²) in [5.74, 6) is -3.12. The Morgan fingerprint density at radius 1 is 0.952 bits per heavy atom. The summed E-state index contributed by atoms with van der Waals surface area (Å²) in [5, 5.41) is 10.2. The second-order valence-corrected chi connectivity index (χ2v) is 10.7. The van der Waals surface area contributed by atoms with Crippen LogP contribution in [0.2, 0.25) is 0 Å². The Morgan fingerprint density at radius 2 is 1.57 bits per heavy atom. The highest BCUT2D eigenvalue weighted by Crippen LogP contribution is 2.17. The third-order valence-electron chi connectivity index (χ3n) is 6.04. The van der Waals surface area contributed by atoms with Crippen LogP contribution in [0.3, 0.4) is 0 Å². The Labute approximate surface area is 243 Å². The summed E-state index contributed by atoms with van der Waals surface area (Å²) in [5.41, 5.74) is 5.59. The number of rotatable bonds is 14. The number of benzene rings is 1. The molecule has 0 fully saturated rings. The number of urea groups is 1. The molecule has 0 saturated heterocycles. The zero-order valence-corrected chi connectivity index (χ0v) is 24.2. The van der Waals surface area contributed by atoms with Crippen molar-refractivity contribution < 1.29 is 38.3 Å². The van der Waals surface area contributed by atoms with Gasteiger partial charge in [-0.3, -0.25) is 33.7 Å². The first-order valence-corrected chi connectivity index (χ1v) is 13.4. The maximum atomic E-state index is 13.1. The van der Waals surface area contributed by atoms with E-state index in [2.05, 4.69) is 21.3 Å². The fourth-order valence-corrected chi connectivity index (χ4v) is 3.61. The van der Waals surface area contributed by atoms with Crippen molar-refractivity contribution in [1.29, 1.82) is 0 Å². The van der Waals surface area contributed by atoms with E-state index in [0.717, 1.165) is 17.1 Å². The topological polar surface area (TPSA) is 206 Å². The molecule has 228 valence electrons. The number of nitrogens with two attached hydrogens (primary N) is 1. The molecular formula is C28H38N6O8. The second-order valence-electron chi connectivity index (χ2n) is 10.7. The van der Waals surface area contributed by atoms with E-state index < -0.39 is 53.1 Å². The van der Waals surface area contributed by atoms with Gasteiger partial charge in [0, 0.05) is 37.3 Å². The minimum atomic E-state index is -1.03. The fourth-order valence-electron chi connectivity index (χ4n) is 3.61. The van der Waals surface area contributed by atoms with Crippen LogP contribution in [-0.4, -0.2) is 71.6 Å². The lowest BCUT2D eigenvalue weighted by molar-refractivity contribution is -0.154. The molecule has 1 aliphatic heterocycles. The van der Waals surface area contributed by atoms with Gasteiger partial charge in [-0.25, -0.2) is 4.79 Å². The van der Waals surface area contributed by atoms with Gasteiger partial charge in [0.25, 0.3) is 11.8 Å². The maximum Gasteiger partial charge on any atom is 0.312 e. The van der Waals surface area contributed by atoms with Gasteiger partial charge in [0.1, 0.15) is 18.7 Å². The van der Waals surface area contributed by atoms with Gasteiger partial charge in [-0.15, -0.1) is 0 Å². The standard InChI is InChI=1S/C28H38N6O8/c1-17(31-21(35)13-15-34-22(36)11-12-23(34)37)24(38)33-20(6-5-14-30-27(29)41)25(39)32-19-9-7-18(8-10-19)16-42-26(40)28(2,3)4/h7-12,17,20H,5-6,13-16H2,1-4H3,(H,31,35)(H,32,39)(H,33,38)(H3,29,30,41)/t17-,20-/m0/s1. The van der Waals surface area contributed by atoms with Crippen molar-refractivity contribution in [2.24, 2.45) is 11.1 Å². The zero-order chi connectivity index (χ0) is 31.4. The molecule has 1 aromatic carbocycles. The Bertz CT molecular complexity index is 1200. The molecule has 2 atom stereocenters. The van der Waals surface area contributed by atoms with Crippen LogP contribution in [0.25, 0.3) is 0 Å². The minimum Gasteiger partial charge on any atom is -0.460 e. The highest BCUT2D eigenvalue weighted by atomic mass is 16.5. The predicted molar refractivity (Wildman–Crippen MR) is 151 cm³/mol. The number of hydrogen-bond acceptors (Lipinski definition) is 8. The number of nitrogens with zero attached hydrogens (tertiary/aromatic N) is 1. The van der Waals surface area contributed by atoms with Crippen LogP contribution in [0.5, 0.6) is 0 Å². The highest BCUT2D eigenvalue weighted by Gasteiger charge is 2.27. The van der Waals surface area contributed by atoms with Crippen molar-refractivity contribution in [2.75, 3.05) is 18.4 Å². The molecule has 0 aliphatic carbocycles. The van der Waals surface area contributed by atoms with Gasteiger partial charge in [-0.2, -0.15) is 0 Å². The molecule has 0 aromatic heterocycles. The summed E-state index contributed by atoms with van der Waals surface area (Å²) in [6.45, 7) is 6.79. The first-order valence-electron chi connectivity index (χ1n) is 13.4. The molecule has 0 radical (unpaired) electrons. The van der Waals surface area contributed by atoms with E-state index in [9.17, 15) is 33.6 Å². The van der Waals surface area contributed by atoms with Crippen molar-refractivity contribution in [3.8, 4) is 0 Å². The maximum absolute atomic E-state index is 13.1. The van der Waals surface area contributed by atoms with Crippen LogP contribution < -0.4 is 27.0 Å². The molecule has 0 unspecified atom stereocenters. The minimum absolute atomic E-state index is 0.0705. The number of nitrogens with one attached hydrogen (secondary N) is 4. The van der Waals surface area contributed by atoms with E-state index in [0.29, 0.717) is 17.7 Å². The van der Waals surface area contributed by atoms with Crippen LogP contribution in [0.15, 0.2) is 36.4 Å². The van der Waals surface area contributed by atoms with E-state index >= 15 is 0 Å². The molecule has 42 heavy (non-hydrogen) atoms. The van der Waals surface area contributed by atoms with Crippen LogP contribution in [0, 0.1) is 5.41 Å². The fraction of sp³-hybridized carbons (Fsp3) is 0.464. The Balaban J connectivity index is 1.95. The number of esters is 1. The van der Waals surface area contributed by atoms with Crippen molar-refractivity contribution >= 4 is 47.2 Å². The van der Waals surface area contributed by atoms with E-state index in [1.54, 1.807) is 45.0 Å². The normalized spacial score (nSPS) is 14.1. The molecule has 6 N–H and O–H groups in total. The molecule has 7 amide bonds. The summed E-state index contributed by atoms with van der Waals surface area (Å²) >= 11 is 0.